The first-order chi connectivity index (χ1) is 9.90. The predicted molar refractivity (Wildman–Crippen MR) is 89.4 cm³/mol. The predicted octanol–water partition coefficient (Wildman–Crippen LogP) is 3.28. The number of hydrogen-bond acceptors (Lipinski definition) is 3. The van der Waals surface area contributed by atoms with E-state index in [1.54, 1.807) is 25.1 Å². The van der Waals surface area contributed by atoms with E-state index in [4.69, 9.17) is 5.73 Å². The second kappa shape index (κ2) is 8.69. The highest BCUT2D eigenvalue weighted by atomic mass is 35.5. The summed E-state index contributed by atoms with van der Waals surface area (Å²) in [7, 11) is 1.54. The SMILES string of the molecule is Cc1ccc(N)cc1C(=O)N(C)Cc1nccn1C(F)F.Cl.Cl. The van der Waals surface area contributed by atoms with Crippen LogP contribution in [-0.2, 0) is 6.54 Å². The number of imidazole rings is 1. The number of halogens is 4. The van der Waals surface area contributed by atoms with Gasteiger partial charge in [-0.05, 0) is 24.6 Å². The summed E-state index contributed by atoms with van der Waals surface area (Å²) in [6, 6.07) is 5.03. The van der Waals surface area contributed by atoms with Crippen LogP contribution in [0.4, 0.5) is 14.5 Å². The van der Waals surface area contributed by atoms with E-state index in [0.29, 0.717) is 11.3 Å². The highest BCUT2D eigenvalue weighted by molar-refractivity contribution is 5.96. The minimum absolute atomic E-state index is 0. The monoisotopic (exact) mass is 366 g/mol. The average molecular weight is 367 g/mol. The summed E-state index contributed by atoms with van der Waals surface area (Å²) in [6.07, 6.45) is 2.47. The van der Waals surface area contributed by atoms with Crippen LogP contribution >= 0.6 is 24.8 Å². The maximum atomic E-state index is 12.8. The zero-order valence-corrected chi connectivity index (χ0v) is 14.2. The summed E-state index contributed by atoms with van der Waals surface area (Å²) < 4.78 is 26.2. The Bertz CT molecular complexity index is 664. The molecule has 2 aromatic rings. The Morgan fingerprint density at radius 1 is 1.39 bits per heavy atom. The summed E-state index contributed by atoms with van der Waals surface area (Å²) >= 11 is 0. The van der Waals surface area contributed by atoms with Gasteiger partial charge in [0, 0.05) is 30.7 Å². The lowest BCUT2D eigenvalue weighted by Crippen LogP contribution is -2.28. The Morgan fingerprint density at radius 2 is 2.04 bits per heavy atom. The van der Waals surface area contributed by atoms with E-state index in [-0.39, 0.29) is 43.1 Å². The van der Waals surface area contributed by atoms with Crippen molar-refractivity contribution in [3.05, 3.63) is 47.5 Å². The lowest BCUT2D eigenvalue weighted by atomic mass is 10.1. The molecule has 0 fully saturated rings. The van der Waals surface area contributed by atoms with Gasteiger partial charge in [-0.3, -0.25) is 9.36 Å². The molecule has 2 rings (SSSR count). The van der Waals surface area contributed by atoms with Gasteiger partial charge in [0.25, 0.3) is 5.91 Å². The number of aryl methyl sites for hydroxylation is 1. The van der Waals surface area contributed by atoms with Crippen LogP contribution in [0.2, 0.25) is 0 Å². The molecule has 0 saturated heterocycles. The van der Waals surface area contributed by atoms with Crippen LogP contribution in [0.5, 0.6) is 0 Å². The van der Waals surface area contributed by atoms with Gasteiger partial charge >= 0.3 is 6.55 Å². The Labute approximate surface area is 145 Å². The van der Waals surface area contributed by atoms with Crippen molar-refractivity contribution in [2.45, 2.75) is 20.0 Å². The van der Waals surface area contributed by atoms with Crippen LogP contribution in [0.25, 0.3) is 0 Å². The molecule has 0 saturated carbocycles. The summed E-state index contributed by atoms with van der Waals surface area (Å²) in [5, 5.41) is 0. The Kier molecular flexibility index (Phi) is 7.99. The molecule has 0 radical (unpaired) electrons. The molecule has 1 aromatic heterocycles. The van der Waals surface area contributed by atoms with Crippen LogP contribution in [0, 0.1) is 6.92 Å². The standard InChI is InChI=1S/C14H16F2N4O.2ClH/c1-9-3-4-10(17)7-11(9)13(21)19(2)8-12-18-5-6-20(12)14(15)16;;/h3-7,14H,8,17H2,1-2H3;2*1H. The molecule has 0 aliphatic carbocycles. The molecule has 0 unspecified atom stereocenters. The second-order valence-electron chi connectivity index (χ2n) is 4.76. The van der Waals surface area contributed by atoms with Crippen LogP contribution in [-0.4, -0.2) is 27.4 Å². The molecule has 0 atom stereocenters. The number of nitrogens with zero attached hydrogens (tertiary/aromatic N) is 3. The molecule has 1 aromatic carbocycles. The Balaban J connectivity index is 0.00000242. The van der Waals surface area contributed by atoms with Gasteiger partial charge in [0.15, 0.2) is 0 Å². The molecule has 128 valence electrons. The zero-order chi connectivity index (χ0) is 15.6. The average Bonchev–Trinajstić information content (AvgIpc) is 2.89. The van der Waals surface area contributed by atoms with Crippen molar-refractivity contribution >= 4 is 36.4 Å². The topological polar surface area (TPSA) is 64.2 Å². The van der Waals surface area contributed by atoms with Gasteiger partial charge in [-0.1, -0.05) is 6.07 Å². The molecular weight excluding hydrogens is 349 g/mol. The highest BCUT2D eigenvalue weighted by Gasteiger charge is 2.18. The van der Waals surface area contributed by atoms with Crippen molar-refractivity contribution in [2.24, 2.45) is 0 Å². The number of alkyl halides is 2. The quantitative estimate of drug-likeness (QED) is 0.844. The molecule has 2 N–H and O–H groups in total. The number of anilines is 1. The first-order valence-electron chi connectivity index (χ1n) is 6.31. The fourth-order valence-electron chi connectivity index (χ4n) is 2.00. The van der Waals surface area contributed by atoms with Gasteiger partial charge in [0.05, 0.1) is 6.54 Å². The van der Waals surface area contributed by atoms with Gasteiger partial charge in [-0.15, -0.1) is 24.8 Å². The molecule has 0 spiro atoms. The first-order valence-corrected chi connectivity index (χ1v) is 6.31. The molecule has 1 heterocycles. The summed E-state index contributed by atoms with van der Waals surface area (Å²) in [6.45, 7) is -0.898. The number of hydrogen-bond donors (Lipinski definition) is 1. The zero-order valence-electron chi connectivity index (χ0n) is 12.6. The summed E-state index contributed by atoms with van der Waals surface area (Å²) in [4.78, 5) is 17.6. The number of benzene rings is 1. The van der Waals surface area contributed by atoms with Crippen molar-refractivity contribution in [1.82, 2.24) is 14.5 Å². The van der Waals surface area contributed by atoms with E-state index in [9.17, 15) is 13.6 Å². The third kappa shape index (κ3) is 4.80. The van der Waals surface area contributed by atoms with Crippen molar-refractivity contribution in [2.75, 3.05) is 12.8 Å². The lowest BCUT2D eigenvalue weighted by molar-refractivity contribution is 0.0612. The van der Waals surface area contributed by atoms with Gasteiger partial charge in [-0.25, -0.2) is 4.98 Å². The first kappa shape index (κ1) is 21.1. The number of nitrogen functional groups attached to an aromatic ring is 1. The van der Waals surface area contributed by atoms with Gasteiger partial charge in [-0.2, -0.15) is 8.78 Å². The Hall–Kier alpha value is -1.86. The van der Waals surface area contributed by atoms with Crippen LogP contribution in [0.15, 0.2) is 30.6 Å². The number of carbonyl (C=O) groups excluding carboxylic acids is 1. The fourth-order valence-corrected chi connectivity index (χ4v) is 2.00. The number of rotatable bonds is 4. The van der Waals surface area contributed by atoms with E-state index in [2.05, 4.69) is 4.98 Å². The third-order valence-corrected chi connectivity index (χ3v) is 3.18. The molecular formula is C14H18Cl2F2N4O. The molecule has 5 nitrogen and oxygen atoms in total. The van der Waals surface area contributed by atoms with Crippen molar-refractivity contribution in [1.29, 1.82) is 0 Å². The molecule has 0 bridgehead atoms. The largest absolute Gasteiger partial charge is 0.399 e. The van der Waals surface area contributed by atoms with E-state index < -0.39 is 6.55 Å². The van der Waals surface area contributed by atoms with Crippen molar-refractivity contribution in [3.8, 4) is 0 Å². The van der Waals surface area contributed by atoms with E-state index >= 15 is 0 Å². The van der Waals surface area contributed by atoms with Gasteiger partial charge < -0.3 is 10.6 Å². The Morgan fingerprint density at radius 3 is 2.65 bits per heavy atom. The van der Waals surface area contributed by atoms with Gasteiger partial charge in [0.2, 0.25) is 0 Å². The molecule has 0 aliphatic heterocycles. The van der Waals surface area contributed by atoms with Crippen LogP contribution < -0.4 is 5.73 Å². The van der Waals surface area contributed by atoms with Crippen molar-refractivity contribution < 1.29 is 13.6 Å². The van der Waals surface area contributed by atoms with Crippen LogP contribution in [0.3, 0.4) is 0 Å². The number of aromatic nitrogens is 2. The highest BCUT2D eigenvalue weighted by Crippen LogP contribution is 2.17. The maximum absolute atomic E-state index is 12.8. The molecule has 0 aliphatic rings. The van der Waals surface area contributed by atoms with E-state index in [1.807, 2.05) is 0 Å². The number of amides is 1. The third-order valence-electron chi connectivity index (χ3n) is 3.18. The van der Waals surface area contributed by atoms with E-state index in [0.717, 1.165) is 10.1 Å². The van der Waals surface area contributed by atoms with Gasteiger partial charge in [0.1, 0.15) is 5.82 Å². The smallest absolute Gasteiger partial charge is 0.319 e. The van der Waals surface area contributed by atoms with Crippen LogP contribution in [0.1, 0.15) is 28.3 Å². The van der Waals surface area contributed by atoms with Crippen molar-refractivity contribution in [3.63, 3.8) is 0 Å². The number of carbonyl (C=O) groups is 1. The molecule has 23 heavy (non-hydrogen) atoms. The minimum Gasteiger partial charge on any atom is -0.399 e. The minimum atomic E-state index is -2.68. The summed E-state index contributed by atoms with van der Waals surface area (Å²) in [5.41, 5.74) is 7.38. The molecule has 9 heteroatoms. The molecule has 1 amide bonds. The lowest BCUT2D eigenvalue weighted by Gasteiger charge is -2.19. The normalized spacial score (nSPS) is 9.96. The van der Waals surface area contributed by atoms with E-state index in [1.165, 1.54) is 24.3 Å². The second-order valence-corrected chi connectivity index (χ2v) is 4.76. The maximum Gasteiger partial charge on any atom is 0.319 e. The summed E-state index contributed by atoms with van der Waals surface area (Å²) in [5.74, 6) is -0.161. The number of nitrogens with two attached hydrogens (primary N) is 1. The fraction of sp³-hybridized carbons (Fsp3) is 0.286.